The van der Waals surface area contributed by atoms with Crippen molar-refractivity contribution in [3.63, 3.8) is 0 Å². The molecule has 0 saturated carbocycles. The maximum absolute atomic E-state index is 12.2. The molecule has 2 N–H and O–H groups in total. The second-order valence-corrected chi connectivity index (χ2v) is 4.85. The molecule has 21 heavy (non-hydrogen) atoms. The molecule has 0 aliphatic carbocycles. The zero-order valence-electron chi connectivity index (χ0n) is 11.8. The predicted octanol–water partition coefficient (Wildman–Crippen LogP) is 3.26. The Balaban J connectivity index is 1.72. The van der Waals surface area contributed by atoms with Crippen molar-refractivity contribution < 1.29 is 13.9 Å². The van der Waals surface area contributed by atoms with Gasteiger partial charge in [0, 0.05) is 12.1 Å². The van der Waals surface area contributed by atoms with E-state index in [0.29, 0.717) is 11.3 Å². The Morgan fingerprint density at radius 3 is 2.71 bits per heavy atom. The van der Waals surface area contributed by atoms with Gasteiger partial charge in [0.2, 0.25) is 0 Å². The van der Waals surface area contributed by atoms with Gasteiger partial charge < -0.3 is 19.5 Å². The smallest absolute Gasteiger partial charge is 0.268 e. The number of carbonyl (C=O) groups is 1. The van der Waals surface area contributed by atoms with E-state index < -0.39 is 0 Å². The van der Waals surface area contributed by atoms with Gasteiger partial charge in [0.25, 0.3) is 5.91 Å². The molecule has 5 heteroatoms. The molecule has 0 aliphatic rings. The van der Waals surface area contributed by atoms with E-state index in [1.807, 2.05) is 31.2 Å². The summed E-state index contributed by atoms with van der Waals surface area (Å²) in [4.78, 5) is 15.2. The Morgan fingerprint density at radius 2 is 2.05 bits per heavy atom. The highest BCUT2D eigenvalue weighted by Crippen LogP contribution is 2.19. The van der Waals surface area contributed by atoms with Gasteiger partial charge in [-0.15, -0.1) is 0 Å². The van der Waals surface area contributed by atoms with Gasteiger partial charge in [0.05, 0.1) is 24.9 Å². The number of fused-ring (bicyclic) bond motifs is 1. The lowest BCUT2D eigenvalue weighted by atomic mass is 10.1. The third-order valence-electron chi connectivity index (χ3n) is 3.45. The van der Waals surface area contributed by atoms with E-state index in [1.165, 1.54) is 0 Å². The summed E-state index contributed by atoms with van der Waals surface area (Å²) >= 11 is 0. The van der Waals surface area contributed by atoms with Crippen LogP contribution >= 0.6 is 0 Å². The van der Waals surface area contributed by atoms with Crippen LogP contribution in [0.15, 0.2) is 47.1 Å². The first kappa shape index (κ1) is 13.3. The summed E-state index contributed by atoms with van der Waals surface area (Å²) in [6.45, 7) is 1.94. The molecule has 2 heterocycles. The summed E-state index contributed by atoms with van der Waals surface area (Å²) in [6, 6.07) is 11.0. The van der Waals surface area contributed by atoms with Gasteiger partial charge in [-0.2, -0.15) is 0 Å². The summed E-state index contributed by atoms with van der Waals surface area (Å²) in [5.41, 5.74) is 3.00. The predicted molar refractivity (Wildman–Crippen MR) is 79.4 cm³/mol. The number of rotatable bonds is 4. The normalized spacial score (nSPS) is 12.3. The second-order valence-electron chi connectivity index (χ2n) is 4.85. The zero-order chi connectivity index (χ0) is 14.8. The average molecular weight is 284 g/mol. The van der Waals surface area contributed by atoms with Crippen LogP contribution in [0.5, 0.6) is 5.75 Å². The number of benzene rings is 1. The lowest BCUT2D eigenvalue weighted by Gasteiger charge is -2.14. The Morgan fingerprint density at radius 1 is 1.29 bits per heavy atom. The third-order valence-corrected chi connectivity index (χ3v) is 3.45. The van der Waals surface area contributed by atoms with Crippen LogP contribution in [0, 0.1) is 0 Å². The number of nitrogens with one attached hydrogen (secondary N) is 2. The molecule has 2 aromatic heterocycles. The van der Waals surface area contributed by atoms with Crippen molar-refractivity contribution in [2.75, 3.05) is 7.11 Å². The van der Waals surface area contributed by atoms with E-state index >= 15 is 0 Å². The van der Waals surface area contributed by atoms with Crippen LogP contribution in [0.1, 0.15) is 29.0 Å². The maximum atomic E-state index is 12.2. The molecular formula is C16H16N2O3. The topological polar surface area (TPSA) is 67.3 Å². The Kier molecular flexibility index (Phi) is 3.39. The minimum absolute atomic E-state index is 0.0991. The van der Waals surface area contributed by atoms with Crippen LogP contribution < -0.4 is 10.1 Å². The molecule has 0 aliphatic heterocycles. The van der Waals surface area contributed by atoms with Crippen molar-refractivity contribution in [1.82, 2.24) is 10.3 Å². The molecule has 3 rings (SSSR count). The summed E-state index contributed by atoms with van der Waals surface area (Å²) in [7, 11) is 1.63. The first-order valence-electron chi connectivity index (χ1n) is 6.68. The first-order valence-corrected chi connectivity index (χ1v) is 6.68. The molecule has 1 atom stereocenters. The minimum atomic E-state index is -0.162. The molecule has 1 unspecified atom stereocenters. The maximum Gasteiger partial charge on any atom is 0.268 e. The van der Waals surface area contributed by atoms with E-state index in [2.05, 4.69) is 10.3 Å². The number of methoxy groups -OCH3 is 1. The molecule has 0 spiro atoms. The highest BCUT2D eigenvalue weighted by molar-refractivity contribution is 5.96. The van der Waals surface area contributed by atoms with Gasteiger partial charge in [0.1, 0.15) is 11.4 Å². The zero-order valence-corrected chi connectivity index (χ0v) is 11.8. The number of hydrogen-bond acceptors (Lipinski definition) is 3. The van der Waals surface area contributed by atoms with Gasteiger partial charge in [-0.1, -0.05) is 12.1 Å². The number of hydrogen-bond donors (Lipinski definition) is 2. The number of aromatic amines is 1. The van der Waals surface area contributed by atoms with Gasteiger partial charge in [-0.05, 0) is 24.6 Å². The monoisotopic (exact) mass is 284 g/mol. The minimum Gasteiger partial charge on any atom is -0.497 e. The van der Waals surface area contributed by atoms with E-state index in [4.69, 9.17) is 9.15 Å². The fourth-order valence-electron chi connectivity index (χ4n) is 2.22. The molecule has 1 aromatic carbocycles. The highest BCUT2D eigenvalue weighted by atomic mass is 16.5. The number of H-pyrrole nitrogens is 1. The standard InChI is InChI=1S/C16H16N2O3/c1-10(11-3-5-12(20-2)6-4-11)17-16(19)14-9-15-13(18-14)7-8-21-15/h3-10,18H,1-2H3,(H,17,19). The van der Waals surface area contributed by atoms with Crippen molar-refractivity contribution in [3.8, 4) is 5.75 Å². The average Bonchev–Trinajstić information content (AvgIpc) is 3.08. The molecule has 1 amide bonds. The Labute approximate surface area is 121 Å². The molecule has 0 radical (unpaired) electrons. The molecule has 108 valence electrons. The van der Waals surface area contributed by atoms with Crippen LogP contribution in [0.3, 0.4) is 0 Å². The van der Waals surface area contributed by atoms with E-state index in [9.17, 15) is 4.79 Å². The number of amides is 1. The van der Waals surface area contributed by atoms with Gasteiger partial charge >= 0.3 is 0 Å². The van der Waals surface area contributed by atoms with Crippen molar-refractivity contribution >= 4 is 17.0 Å². The van der Waals surface area contributed by atoms with Crippen molar-refractivity contribution in [2.24, 2.45) is 0 Å². The van der Waals surface area contributed by atoms with Crippen molar-refractivity contribution in [3.05, 3.63) is 53.9 Å². The lowest BCUT2D eigenvalue weighted by molar-refractivity contribution is 0.0935. The van der Waals surface area contributed by atoms with Gasteiger partial charge in [-0.3, -0.25) is 4.79 Å². The molecule has 5 nitrogen and oxygen atoms in total. The molecular weight excluding hydrogens is 268 g/mol. The van der Waals surface area contributed by atoms with Crippen LogP contribution in [-0.2, 0) is 0 Å². The van der Waals surface area contributed by atoms with Gasteiger partial charge in [-0.25, -0.2) is 0 Å². The summed E-state index contributed by atoms with van der Waals surface area (Å²) in [6.07, 6.45) is 1.59. The lowest BCUT2D eigenvalue weighted by Crippen LogP contribution is -2.26. The second kappa shape index (κ2) is 5.36. The van der Waals surface area contributed by atoms with Crippen LogP contribution in [0.25, 0.3) is 11.1 Å². The first-order chi connectivity index (χ1) is 10.2. The summed E-state index contributed by atoms with van der Waals surface area (Å²) < 4.78 is 10.4. The van der Waals surface area contributed by atoms with Crippen molar-refractivity contribution in [2.45, 2.75) is 13.0 Å². The fraction of sp³-hybridized carbons (Fsp3) is 0.188. The van der Waals surface area contributed by atoms with E-state index in [1.54, 1.807) is 25.5 Å². The molecule has 0 fully saturated rings. The van der Waals surface area contributed by atoms with Crippen LogP contribution in [-0.4, -0.2) is 18.0 Å². The van der Waals surface area contributed by atoms with Gasteiger partial charge in [0.15, 0.2) is 5.58 Å². The van der Waals surface area contributed by atoms with E-state index in [0.717, 1.165) is 16.8 Å². The van der Waals surface area contributed by atoms with E-state index in [-0.39, 0.29) is 11.9 Å². The van der Waals surface area contributed by atoms with Crippen molar-refractivity contribution in [1.29, 1.82) is 0 Å². The largest absolute Gasteiger partial charge is 0.497 e. The Bertz CT molecular complexity index is 727. The molecule has 3 aromatic rings. The SMILES string of the molecule is COc1ccc(C(C)NC(=O)c2cc3occc3[nH]2)cc1. The summed E-state index contributed by atoms with van der Waals surface area (Å²) in [5.74, 6) is 0.631. The fourth-order valence-corrected chi connectivity index (χ4v) is 2.22. The number of carbonyl (C=O) groups excluding carboxylic acids is 1. The molecule has 0 bridgehead atoms. The number of ether oxygens (including phenoxy) is 1. The Hall–Kier alpha value is -2.69. The number of furan rings is 1. The molecule has 0 saturated heterocycles. The van der Waals surface area contributed by atoms with Crippen LogP contribution in [0.2, 0.25) is 0 Å². The van der Waals surface area contributed by atoms with Crippen LogP contribution in [0.4, 0.5) is 0 Å². The highest BCUT2D eigenvalue weighted by Gasteiger charge is 2.14. The third kappa shape index (κ3) is 2.63. The quantitative estimate of drug-likeness (QED) is 0.772. The number of aromatic nitrogens is 1. The summed E-state index contributed by atoms with van der Waals surface area (Å²) in [5, 5.41) is 2.95.